The molecule has 0 saturated heterocycles. The summed E-state index contributed by atoms with van der Waals surface area (Å²) in [5.74, 6) is -1.58. The highest BCUT2D eigenvalue weighted by molar-refractivity contribution is 5.39. The summed E-state index contributed by atoms with van der Waals surface area (Å²) < 4.78 is 32.0. The van der Waals surface area contributed by atoms with Crippen LogP contribution in [0.1, 0.15) is 24.8 Å². The molecule has 1 aliphatic carbocycles. The van der Waals surface area contributed by atoms with Gasteiger partial charge in [0.25, 0.3) is 0 Å². The maximum Gasteiger partial charge on any atom is 0.190 e. The normalized spacial score (nSPS) is 18.0. The van der Waals surface area contributed by atoms with Crippen LogP contribution in [-0.4, -0.2) is 13.7 Å². The molecule has 4 heteroatoms. The van der Waals surface area contributed by atoms with Gasteiger partial charge in [-0.3, -0.25) is 0 Å². The predicted octanol–water partition coefficient (Wildman–Crippen LogP) is 2.35. The molecule has 1 aromatic rings. The topological polar surface area (TPSA) is 35.2 Å². The molecule has 0 bridgehead atoms. The van der Waals surface area contributed by atoms with Gasteiger partial charge in [0.1, 0.15) is 0 Å². The average molecular weight is 227 g/mol. The first-order chi connectivity index (χ1) is 7.64. The molecule has 1 aliphatic rings. The Morgan fingerprint density at radius 3 is 2.50 bits per heavy atom. The van der Waals surface area contributed by atoms with Crippen molar-refractivity contribution in [3.8, 4) is 5.75 Å². The van der Waals surface area contributed by atoms with Gasteiger partial charge in [0.15, 0.2) is 17.4 Å². The van der Waals surface area contributed by atoms with Crippen molar-refractivity contribution in [3.63, 3.8) is 0 Å². The van der Waals surface area contributed by atoms with E-state index in [0.29, 0.717) is 12.1 Å². The molecule has 0 heterocycles. The van der Waals surface area contributed by atoms with Gasteiger partial charge >= 0.3 is 0 Å². The van der Waals surface area contributed by atoms with Crippen molar-refractivity contribution in [2.75, 3.05) is 13.7 Å². The third-order valence-electron chi connectivity index (χ3n) is 3.53. The van der Waals surface area contributed by atoms with E-state index in [-0.39, 0.29) is 11.2 Å². The van der Waals surface area contributed by atoms with Crippen molar-refractivity contribution < 1.29 is 13.5 Å². The molecule has 2 nitrogen and oxygen atoms in total. The van der Waals surface area contributed by atoms with E-state index in [1.54, 1.807) is 0 Å². The van der Waals surface area contributed by atoms with Crippen LogP contribution in [0.3, 0.4) is 0 Å². The van der Waals surface area contributed by atoms with Crippen LogP contribution in [0, 0.1) is 11.6 Å². The lowest BCUT2D eigenvalue weighted by Gasteiger charge is -2.41. The van der Waals surface area contributed by atoms with Crippen molar-refractivity contribution in [2.24, 2.45) is 5.73 Å². The van der Waals surface area contributed by atoms with Crippen LogP contribution in [0.4, 0.5) is 8.78 Å². The fourth-order valence-electron chi connectivity index (χ4n) is 2.32. The maximum atomic E-state index is 14.0. The summed E-state index contributed by atoms with van der Waals surface area (Å²) in [6.45, 7) is 0.388. The molecule has 1 fully saturated rings. The smallest absolute Gasteiger partial charge is 0.190 e. The van der Waals surface area contributed by atoms with Crippen LogP contribution in [0.2, 0.25) is 0 Å². The Morgan fingerprint density at radius 2 is 2.06 bits per heavy atom. The van der Waals surface area contributed by atoms with Crippen molar-refractivity contribution in [1.82, 2.24) is 0 Å². The molecule has 1 saturated carbocycles. The van der Waals surface area contributed by atoms with E-state index in [9.17, 15) is 8.78 Å². The summed E-state index contributed by atoms with van der Waals surface area (Å²) in [4.78, 5) is 0. The summed E-state index contributed by atoms with van der Waals surface area (Å²) in [5, 5.41) is 0. The predicted molar refractivity (Wildman–Crippen MR) is 57.5 cm³/mol. The highest BCUT2D eigenvalue weighted by atomic mass is 19.1. The van der Waals surface area contributed by atoms with Gasteiger partial charge in [-0.05, 0) is 24.5 Å². The molecule has 88 valence electrons. The highest BCUT2D eigenvalue weighted by Gasteiger charge is 2.40. The number of hydrogen-bond donors (Lipinski definition) is 1. The molecule has 1 aromatic carbocycles. The molecule has 0 radical (unpaired) electrons. The zero-order valence-electron chi connectivity index (χ0n) is 9.22. The Kier molecular flexibility index (Phi) is 2.84. The standard InChI is InChI=1S/C12H15F2NO/c1-16-11-9(13)4-3-8(10(11)14)12(7-15)5-2-6-12/h3-4H,2,5-7,15H2,1H3. The second-order valence-electron chi connectivity index (χ2n) is 4.28. The number of benzene rings is 1. The van der Waals surface area contributed by atoms with Crippen LogP contribution in [-0.2, 0) is 5.41 Å². The number of rotatable bonds is 3. The summed E-state index contributed by atoms with van der Waals surface area (Å²) in [5.41, 5.74) is 5.87. The molecular weight excluding hydrogens is 212 g/mol. The van der Waals surface area contributed by atoms with E-state index in [4.69, 9.17) is 10.5 Å². The van der Waals surface area contributed by atoms with E-state index in [1.807, 2.05) is 0 Å². The summed E-state index contributed by atoms with van der Waals surface area (Å²) in [7, 11) is 1.27. The summed E-state index contributed by atoms with van der Waals surface area (Å²) >= 11 is 0. The Bertz CT molecular complexity index is 397. The fourth-order valence-corrected chi connectivity index (χ4v) is 2.32. The Hall–Kier alpha value is -1.16. The first-order valence-corrected chi connectivity index (χ1v) is 5.37. The van der Waals surface area contributed by atoms with Gasteiger partial charge in [-0.25, -0.2) is 8.78 Å². The van der Waals surface area contributed by atoms with Crippen molar-refractivity contribution in [2.45, 2.75) is 24.7 Å². The molecule has 0 unspecified atom stereocenters. The quantitative estimate of drug-likeness (QED) is 0.860. The molecule has 0 atom stereocenters. The number of hydrogen-bond acceptors (Lipinski definition) is 2. The van der Waals surface area contributed by atoms with E-state index in [2.05, 4.69) is 0 Å². The minimum atomic E-state index is -0.671. The first-order valence-electron chi connectivity index (χ1n) is 5.37. The Balaban J connectivity index is 2.49. The van der Waals surface area contributed by atoms with E-state index in [0.717, 1.165) is 19.3 Å². The molecule has 0 spiro atoms. The zero-order valence-corrected chi connectivity index (χ0v) is 9.22. The molecular formula is C12H15F2NO. The van der Waals surface area contributed by atoms with Gasteiger partial charge < -0.3 is 10.5 Å². The van der Waals surface area contributed by atoms with Crippen LogP contribution in [0.5, 0.6) is 5.75 Å². The minimum absolute atomic E-state index is 0.308. The van der Waals surface area contributed by atoms with E-state index >= 15 is 0 Å². The second kappa shape index (κ2) is 4.01. The number of ether oxygens (including phenoxy) is 1. The average Bonchev–Trinajstić information content (AvgIpc) is 2.21. The van der Waals surface area contributed by atoms with Crippen LogP contribution >= 0.6 is 0 Å². The molecule has 16 heavy (non-hydrogen) atoms. The lowest BCUT2D eigenvalue weighted by molar-refractivity contribution is 0.240. The van der Waals surface area contributed by atoms with Gasteiger partial charge in [0, 0.05) is 12.0 Å². The van der Waals surface area contributed by atoms with Crippen molar-refractivity contribution in [3.05, 3.63) is 29.3 Å². The van der Waals surface area contributed by atoms with Crippen LogP contribution < -0.4 is 10.5 Å². The number of nitrogens with two attached hydrogens (primary N) is 1. The fraction of sp³-hybridized carbons (Fsp3) is 0.500. The molecule has 2 N–H and O–H groups in total. The Morgan fingerprint density at radius 1 is 1.38 bits per heavy atom. The van der Waals surface area contributed by atoms with Gasteiger partial charge in [-0.1, -0.05) is 12.5 Å². The van der Waals surface area contributed by atoms with Gasteiger partial charge in [-0.15, -0.1) is 0 Å². The third-order valence-corrected chi connectivity index (χ3v) is 3.53. The molecule has 0 aliphatic heterocycles. The Labute approximate surface area is 93.4 Å². The molecule has 0 aromatic heterocycles. The van der Waals surface area contributed by atoms with Crippen LogP contribution in [0.25, 0.3) is 0 Å². The van der Waals surface area contributed by atoms with Gasteiger partial charge in [0.2, 0.25) is 0 Å². The monoisotopic (exact) mass is 227 g/mol. The SMILES string of the molecule is COc1c(F)ccc(C2(CN)CCC2)c1F. The number of methoxy groups -OCH3 is 1. The minimum Gasteiger partial charge on any atom is -0.491 e. The van der Waals surface area contributed by atoms with Gasteiger partial charge in [0.05, 0.1) is 7.11 Å². The van der Waals surface area contributed by atoms with E-state index in [1.165, 1.54) is 19.2 Å². The lowest BCUT2D eigenvalue weighted by Crippen LogP contribution is -2.42. The van der Waals surface area contributed by atoms with Crippen molar-refractivity contribution in [1.29, 1.82) is 0 Å². The highest BCUT2D eigenvalue weighted by Crippen LogP contribution is 2.45. The molecule has 0 amide bonds. The van der Waals surface area contributed by atoms with Gasteiger partial charge in [-0.2, -0.15) is 0 Å². The summed E-state index contributed by atoms with van der Waals surface area (Å²) in [6.07, 6.45) is 2.75. The maximum absolute atomic E-state index is 14.0. The third kappa shape index (κ3) is 1.48. The second-order valence-corrected chi connectivity index (χ2v) is 4.28. The van der Waals surface area contributed by atoms with E-state index < -0.39 is 11.6 Å². The van der Waals surface area contributed by atoms with Crippen LogP contribution in [0.15, 0.2) is 12.1 Å². The first kappa shape index (κ1) is 11.3. The van der Waals surface area contributed by atoms with Crippen molar-refractivity contribution >= 4 is 0 Å². The zero-order chi connectivity index (χ0) is 11.8. The molecule has 2 rings (SSSR count). The summed E-state index contributed by atoms with van der Waals surface area (Å²) in [6, 6.07) is 2.73. The largest absolute Gasteiger partial charge is 0.491 e. The lowest BCUT2D eigenvalue weighted by atomic mass is 9.64. The number of halogens is 2.